The second-order valence-electron chi connectivity index (χ2n) is 6.16. The molecule has 0 aliphatic carbocycles. The summed E-state index contributed by atoms with van der Waals surface area (Å²) in [6.07, 6.45) is -6.12. The van der Waals surface area contributed by atoms with Gasteiger partial charge in [0.25, 0.3) is 5.91 Å². The van der Waals surface area contributed by atoms with Crippen molar-refractivity contribution in [3.05, 3.63) is 42.0 Å². The fraction of sp³-hybridized carbons (Fsp3) is 0.438. The van der Waals surface area contributed by atoms with Gasteiger partial charge in [-0.15, -0.1) is 6.58 Å². The number of aliphatic hydroxyl groups is 1. The molecule has 0 saturated heterocycles. The number of nitrogens with zero attached hydrogens (tertiary/aromatic N) is 1. The van der Waals surface area contributed by atoms with E-state index in [2.05, 4.69) is 6.58 Å². The van der Waals surface area contributed by atoms with Crippen LogP contribution in [-0.4, -0.2) is 41.5 Å². The first-order valence-electron chi connectivity index (χ1n) is 7.45. The molecule has 1 atom stereocenters. The third-order valence-corrected chi connectivity index (χ3v) is 4.30. The lowest BCUT2D eigenvalue weighted by Gasteiger charge is -2.39. The molecule has 28 heavy (non-hydrogen) atoms. The SMILES string of the molecule is C=CCN1C(=O)C(O)(C(F)(F)C(F)(F)C(F)(F)C(F)(F)F)c2cc(C)ccc21. The molecule has 0 saturated carbocycles. The number of alkyl halides is 9. The van der Waals surface area contributed by atoms with Gasteiger partial charge in [-0.1, -0.05) is 23.8 Å². The molecule has 0 radical (unpaired) electrons. The predicted molar refractivity (Wildman–Crippen MR) is 78.5 cm³/mol. The molecule has 0 fully saturated rings. The highest BCUT2D eigenvalue weighted by molar-refractivity contribution is 6.08. The van der Waals surface area contributed by atoms with Crippen molar-refractivity contribution in [3.8, 4) is 0 Å². The molecule has 1 amide bonds. The summed E-state index contributed by atoms with van der Waals surface area (Å²) in [5, 5.41) is 10.3. The van der Waals surface area contributed by atoms with Crippen LogP contribution in [0, 0.1) is 6.92 Å². The Hall–Kier alpha value is -2.24. The molecule has 1 heterocycles. The van der Waals surface area contributed by atoms with Crippen LogP contribution in [0.1, 0.15) is 11.1 Å². The third-order valence-electron chi connectivity index (χ3n) is 4.30. The molecule has 1 N–H and O–H groups in total. The van der Waals surface area contributed by atoms with E-state index in [1.165, 1.54) is 13.0 Å². The zero-order valence-corrected chi connectivity index (χ0v) is 13.9. The Morgan fingerprint density at radius 1 is 1.07 bits per heavy atom. The fourth-order valence-electron chi connectivity index (χ4n) is 2.81. The molecule has 1 aliphatic heterocycles. The number of halogens is 9. The van der Waals surface area contributed by atoms with Crippen LogP contribution < -0.4 is 4.90 Å². The molecule has 3 nitrogen and oxygen atoms in total. The highest BCUT2D eigenvalue weighted by atomic mass is 19.4. The number of hydrogen-bond donors (Lipinski definition) is 1. The van der Waals surface area contributed by atoms with Gasteiger partial charge in [0.05, 0.1) is 5.69 Å². The Balaban J connectivity index is 2.79. The Morgan fingerprint density at radius 2 is 1.61 bits per heavy atom. The van der Waals surface area contributed by atoms with Gasteiger partial charge in [0.1, 0.15) is 0 Å². The van der Waals surface area contributed by atoms with Crippen LogP contribution in [0.4, 0.5) is 45.2 Å². The first-order chi connectivity index (χ1) is 12.5. The van der Waals surface area contributed by atoms with Gasteiger partial charge in [0.15, 0.2) is 0 Å². The van der Waals surface area contributed by atoms with Crippen molar-refractivity contribution < 1.29 is 49.4 Å². The summed E-state index contributed by atoms with van der Waals surface area (Å²) in [4.78, 5) is 12.7. The summed E-state index contributed by atoms with van der Waals surface area (Å²) >= 11 is 0. The van der Waals surface area contributed by atoms with E-state index in [0.717, 1.165) is 12.1 Å². The quantitative estimate of drug-likeness (QED) is 0.573. The minimum atomic E-state index is -7.24. The highest BCUT2D eigenvalue weighted by Gasteiger charge is 2.88. The van der Waals surface area contributed by atoms with E-state index < -0.39 is 53.2 Å². The number of anilines is 1. The van der Waals surface area contributed by atoms with Crippen LogP contribution in [0.15, 0.2) is 30.9 Å². The van der Waals surface area contributed by atoms with E-state index in [1.54, 1.807) is 0 Å². The normalized spacial score (nSPS) is 21.1. The first-order valence-corrected chi connectivity index (χ1v) is 7.45. The smallest absolute Gasteiger partial charge is 0.371 e. The number of carbonyl (C=O) groups excluding carboxylic acids is 1. The Bertz CT molecular complexity index is 819. The van der Waals surface area contributed by atoms with Gasteiger partial charge in [0, 0.05) is 12.1 Å². The molecule has 1 unspecified atom stereocenters. The van der Waals surface area contributed by atoms with Crippen LogP contribution in [0.5, 0.6) is 0 Å². The number of fused-ring (bicyclic) bond motifs is 1. The molecule has 0 spiro atoms. The maximum absolute atomic E-state index is 14.5. The predicted octanol–water partition coefficient (Wildman–Crippen LogP) is 4.18. The highest BCUT2D eigenvalue weighted by Crippen LogP contribution is 2.60. The Morgan fingerprint density at radius 3 is 2.07 bits per heavy atom. The van der Waals surface area contributed by atoms with Gasteiger partial charge in [-0.05, 0) is 13.0 Å². The van der Waals surface area contributed by atoms with Gasteiger partial charge in [-0.25, -0.2) is 0 Å². The van der Waals surface area contributed by atoms with E-state index in [1.807, 2.05) is 0 Å². The van der Waals surface area contributed by atoms with Crippen LogP contribution in [0.3, 0.4) is 0 Å². The monoisotopic (exact) mass is 421 g/mol. The van der Waals surface area contributed by atoms with E-state index >= 15 is 0 Å². The topological polar surface area (TPSA) is 40.5 Å². The summed E-state index contributed by atoms with van der Waals surface area (Å²) in [7, 11) is 0. The molecule has 1 aromatic rings. The lowest BCUT2D eigenvalue weighted by atomic mass is 9.82. The van der Waals surface area contributed by atoms with Crippen molar-refractivity contribution in [2.24, 2.45) is 0 Å². The Labute approximate surface area is 152 Å². The number of benzene rings is 1. The lowest BCUT2D eigenvalue weighted by molar-refractivity contribution is -0.414. The van der Waals surface area contributed by atoms with Crippen LogP contribution in [0.2, 0.25) is 0 Å². The van der Waals surface area contributed by atoms with Crippen LogP contribution >= 0.6 is 0 Å². The number of hydrogen-bond acceptors (Lipinski definition) is 2. The van der Waals surface area contributed by atoms with Crippen LogP contribution in [0.25, 0.3) is 0 Å². The standard InChI is InChI=1S/C16H12F9NO2/c1-3-6-26-10-5-4-8(2)7-9(10)12(28,11(26)27)13(17,18)14(19,20)15(21,22)16(23,24)25/h3-5,7,28H,1,6H2,2H3. The molecule has 2 rings (SSSR count). The molecule has 1 aliphatic rings. The van der Waals surface area contributed by atoms with E-state index in [9.17, 15) is 49.4 Å². The van der Waals surface area contributed by atoms with Crippen molar-refractivity contribution in [1.29, 1.82) is 0 Å². The average molecular weight is 421 g/mol. The molecule has 12 heteroatoms. The van der Waals surface area contributed by atoms with Gasteiger partial charge < -0.3 is 10.0 Å². The summed E-state index contributed by atoms with van der Waals surface area (Å²) in [5.41, 5.74) is -6.40. The number of carbonyl (C=O) groups is 1. The van der Waals surface area contributed by atoms with Crippen molar-refractivity contribution in [2.75, 3.05) is 11.4 Å². The second-order valence-corrected chi connectivity index (χ2v) is 6.16. The molecule has 156 valence electrons. The summed E-state index contributed by atoms with van der Waals surface area (Å²) in [5.74, 6) is -23.1. The maximum atomic E-state index is 14.5. The molecule has 0 aromatic heterocycles. The van der Waals surface area contributed by atoms with E-state index in [-0.39, 0.29) is 5.56 Å². The summed E-state index contributed by atoms with van der Waals surface area (Å²) in [6.45, 7) is 3.83. The van der Waals surface area contributed by atoms with E-state index in [4.69, 9.17) is 0 Å². The van der Waals surface area contributed by atoms with Crippen molar-refractivity contribution in [1.82, 2.24) is 0 Å². The Kier molecular flexibility index (Phi) is 4.83. The zero-order chi connectivity index (χ0) is 21.9. The van der Waals surface area contributed by atoms with Gasteiger partial charge in [0.2, 0.25) is 5.60 Å². The molecular weight excluding hydrogens is 409 g/mol. The van der Waals surface area contributed by atoms with Gasteiger partial charge >= 0.3 is 23.9 Å². The molecule has 0 bridgehead atoms. The second kappa shape index (κ2) is 6.13. The minimum absolute atomic E-state index is 0.0483. The van der Waals surface area contributed by atoms with Crippen molar-refractivity contribution in [2.45, 2.75) is 36.5 Å². The minimum Gasteiger partial charge on any atom is -0.371 e. The van der Waals surface area contributed by atoms with Crippen LogP contribution in [-0.2, 0) is 10.4 Å². The fourth-order valence-corrected chi connectivity index (χ4v) is 2.81. The largest absolute Gasteiger partial charge is 0.460 e. The lowest BCUT2D eigenvalue weighted by Crippen LogP contribution is -2.69. The van der Waals surface area contributed by atoms with Crippen molar-refractivity contribution >= 4 is 11.6 Å². The molecular formula is C16H12F9NO2. The summed E-state index contributed by atoms with van der Waals surface area (Å²) < 4.78 is 120. The van der Waals surface area contributed by atoms with Crippen molar-refractivity contribution in [3.63, 3.8) is 0 Å². The first kappa shape index (κ1) is 22.1. The van der Waals surface area contributed by atoms with Gasteiger partial charge in [-0.3, -0.25) is 4.79 Å². The van der Waals surface area contributed by atoms with Gasteiger partial charge in [-0.2, -0.15) is 39.5 Å². The summed E-state index contributed by atoms with van der Waals surface area (Å²) in [6, 6.07) is 2.82. The average Bonchev–Trinajstić information content (AvgIpc) is 2.76. The zero-order valence-electron chi connectivity index (χ0n) is 13.9. The number of aryl methyl sites for hydroxylation is 1. The maximum Gasteiger partial charge on any atom is 0.460 e. The van der Waals surface area contributed by atoms with E-state index in [0.29, 0.717) is 11.0 Å². The number of amides is 1. The molecule has 1 aromatic carbocycles. The number of rotatable bonds is 5. The third kappa shape index (κ3) is 2.53.